The van der Waals surface area contributed by atoms with Gasteiger partial charge in [-0.1, -0.05) is 35.9 Å². The Morgan fingerprint density at radius 2 is 1.83 bits per heavy atom. The van der Waals surface area contributed by atoms with Gasteiger partial charge in [-0.15, -0.1) is 0 Å². The van der Waals surface area contributed by atoms with E-state index in [2.05, 4.69) is 56.8 Å². The summed E-state index contributed by atoms with van der Waals surface area (Å²) in [5, 5.41) is 7.26. The van der Waals surface area contributed by atoms with Crippen LogP contribution in [0.4, 0.5) is 11.5 Å². The molecule has 2 aromatic heterocycles. The number of fused-ring (bicyclic) bond motifs is 1. The number of aromatic nitrogens is 3. The zero-order valence-corrected chi connectivity index (χ0v) is 24.4. The summed E-state index contributed by atoms with van der Waals surface area (Å²) >= 11 is 6.74. The lowest BCUT2D eigenvalue weighted by molar-refractivity contribution is 0.255. The van der Waals surface area contributed by atoms with Gasteiger partial charge in [-0.25, -0.2) is 15.0 Å². The number of aryl methyl sites for hydroxylation is 1. The minimum atomic E-state index is -0.102. The van der Waals surface area contributed by atoms with Crippen molar-refractivity contribution in [1.29, 1.82) is 0 Å². The van der Waals surface area contributed by atoms with E-state index in [1.165, 1.54) is 18.4 Å². The maximum Gasteiger partial charge on any atom is 0.260 e. The maximum absolute atomic E-state index is 13.7. The summed E-state index contributed by atoms with van der Waals surface area (Å²) in [7, 11) is 2.19. The number of halogens is 1. The SMILES string of the molecule is CCn1c2c(cc(-c3ccc(-c4ccnc(C)n4)cc3Cl)c1=O)CN=C(Nc1ccc(C3CCN(C)CC3)cc1)N2. The van der Waals surface area contributed by atoms with Crippen LogP contribution >= 0.6 is 11.6 Å². The zero-order chi connectivity index (χ0) is 28.5. The highest BCUT2D eigenvalue weighted by atomic mass is 35.5. The molecule has 0 unspecified atom stereocenters. The molecular formula is C32H34ClN7O. The van der Waals surface area contributed by atoms with Crippen molar-refractivity contribution >= 4 is 29.1 Å². The van der Waals surface area contributed by atoms with E-state index < -0.39 is 0 Å². The van der Waals surface area contributed by atoms with Gasteiger partial charge in [0.1, 0.15) is 11.6 Å². The molecule has 0 bridgehead atoms. The molecule has 1 saturated heterocycles. The summed E-state index contributed by atoms with van der Waals surface area (Å²) in [6, 6.07) is 18.1. The lowest BCUT2D eigenvalue weighted by Gasteiger charge is -2.29. The summed E-state index contributed by atoms with van der Waals surface area (Å²) < 4.78 is 1.75. The van der Waals surface area contributed by atoms with Gasteiger partial charge in [0.15, 0.2) is 0 Å². The Kier molecular flexibility index (Phi) is 7.60. The third kappa shape index (κ3) is 5.62. The smallest absolute Gasteiger partial charge is 0.260 e. The van der Waals surface area contributed by atoms with Gasteiger partial charge in [0, 0.05) is 45.7 Å². The van der Waals surface area contributed by atoms with Crippen LogP contribution in [0.3, 0.4) is 0 Å². The Balaban J connectivity index is 1.23. The van der Waals surface area contributed by atoms with Gasteiger partial charge < -0.3 is 15.5 Å². The van der Waals surface area contributed by atoms with E-state index in [9.17, 15) is 4.79 Å². The molecule has 2 aliphatic rings. The van der Waals surface area contributed by atoms with Crippen molar-refractivity contribution in [2.24, 2.45) is 4.99 Å². The van der Waals surface area contributed by atoms with Crippen molar-refractivity contribution in [3.63, 3.8) is 0 Å². The average molecular weight is 568 g/mol. The molecule has 2 aromatic carbocycles. The number of anilines is 2. The van der Waals surface area contributed by atoms with Crippen molar-refractivity contribution in [2.75, 3.05) is 30.8 Å². The standard InChI is InChI=1S/C32H34ClN7O/c1-4-40-30-24(17-27(31(40)41)26-10-7-23(18-28(26)33)29-11-14-34-20(2)36-29)19-35-32(38-30)37-25-8-5-21(6-9-25)22-12-15-39(3)16-13-22/h5-11,14,17-18,22H,4,12-13,15-16,19H2,1-3H3,(H2,35,37,38). The topological polar surface area (TPSA) is 87.4 Å². The monoisotopic (exact) mass is 567 g/mol. The molecule has 0 amide bonds. The minimum absolute atomic E-state index is 0.102. The van der Waals surface area contributed by atoms with Crippen molar-refractivity contribution in [2.45, 2.75) is 45.7 Å². The first kappa shape index (κ1) is 27.2. The number of likely N-dealkylation sites (tertiary alicyclic amines) is 1. The molecule has 4 heterocycles. The molecule has 2 aliphatic heterocycles. The predicted molar refractivity (Wildman–Crippen MR) is 167 cm³/mol. The van der Waals surface area contributed by atoms with Crippen LogP contribution in [0.2, 0.25) is 5.02 Å². The number of piperidine rings is 1. The number of hydrogen-bond donors (Lipinski definition) is 2. The molecule has 0 spiro atoms. The van der Waals surface area contributed by atoms with E-state index in [-0.39, 0.29) is 5.56 Å². The van der Waals surface area contributed by atoms with E-state index in [0.717, 1.165) is 41.4 Å². The quantitative estimate of drug-likeness (QED) is 0.300. The first-order chi connectivity index (χ1) is 19.9. The highest BCUT2D eigenvalue weighted by Gasteiger charge is 2.22. The van der Waals surface area contributed by atoms with E-state index in [4.69, 9.17) is 16.6 Å². The Bertz CT molecular complexity index is 1670. The summed E-state index contributed by atoms with van der Waals surface area (Å²) in [5.74, 6) is 2.69. The number of benzene rings is 2. The molecule has 9 heteroatoms. The van der Waals surface area contributed by atoms with Crippen LogP contribution in [-0.2, 0) is 13.1 Å². The third-order valence-corrected chi connectivity index (χ3v) is 8.34. The fourth-order valence-corrected chi connectivity index (χ4v) is 5.98. The Morgan fingerprint density at radius 1 is 1.05 bits per heavy atom. The number of nitrogens with zero attached hydrogens (tertiary/aromatic N) is 5. The second kappa shape index (κ2) is 11.5. The molecule has 0 saturated carbocycles. The molecule has 41 heavy (non-hydrogen) atoms. The maximum atomic E-state index is 13.7. The van der Waals surface area contributed by atoms with E-state index >= 15 is 0 Å². The van der Waals surface area contributed by atoms with Crippen LogP contribution in [0.5, 0.6) is 0 Å². The molecule has 1 fully saturated rings. The second-order valence-electron chi connectivity index (χ2n) is 10.8. The number of guanidine groups is 1. The first-order valence-electron chi connectivity index (χ1n) is 14.1. The number of hydrogen-bond acceptors (Lipinski definition) is 7. The van der Waals surface area contributed by atoms with Gasteiger partial charge in [0.25, 0.3) is 5.56 Å². The predicted octanol–water partition coefficient (Wildman–Crippen LogP) is 6.16. The summed E-state index contributed by atoms with van der Waals surface area (Å²) in [6.45, 7) is 7.07. The molecular weight excluding hydrogens is 534 g/mol. The first-order valence-corrected chi connectivity index (χ1v) is 14.5. The van der Waals surface area contributed by atoms with Crippen LogP contribution < -0.4 is 16.2 Å². The van der Waals surface area contributed by atoms with Gasteiger partial charge >= 0.3 is 0 Å². The zero-order valence-electron chi connectivity index (χ0n) is 23.6. The van der Waals surface area contributed by atoms with Crippen molar-refractivity contribution < 1.29 is 0 Å². The van der Waals surface area contributed by atoms with E-state index in [1.54, 1.807) is 10.8 Å². The van der Waals surface area contributed by atoms with Crippen LogP contribution in [0.1, 0.15) is 42.6 Å². The van der Waals surface area contributed by atoms with Gasteiger partial charge in [-0.05, 0) is 88.6 Å². The van der Waals surface area contributed by atoms with Gasteiger partial charge in [-0.2, -0.15) is 0 Å². The number of aliphatic imine (C=N–C) groups is 1. The van der Waals surface area contributed by atoms with Crippen molar-refractivity contribution in [3.8, 4) is 22.4 Å². The number of rotatable bonds is 5. The molecule has 0 atom stereocenters. The minimum Gasteiger partial charge on any atom is -0.326 e. The fraction of sp³-hybridized carbons (Fsp3) is 0.312. The van der Waals surface area contributed by atoms with Crippen LogP contribution in [0.25, 0.3) is 22.4 Å². The largest absolute Gasteiger partial charge is 0.326 e. The third-order valence-electron chi connectivity index (χ3n) is 8.02. The lowest BCUT2D eigenvalue weighted by atomic mass is 9.89. The lowest BCUT2D eigenvalue weighted by Crippen LogP contribution is -2.33. The fourth-order valence-electron chi connectivity index (χ4n) is 5.70. The summed E-state index contributed by atoms with van der Waals surface area (Å²) in [6.07, 6.45) is 4.12. The highest BCUT2D eigenvalue weighted by Crippen LogP contribution is 2.33. The van der Waals surface area contributed by atoms with Crippen LogP contribution in [0, 0.1) is 6.92 Å². The molecule has 4 aromatic rings. The molecule has 6 rings (SSSR count). The van der Waals surface area contributed by atoms with Crippen molar-refractivity contribution in [1.82, 2.24) is 19.4 Å². The second-order valence-corrected chi connectivity index (χ2v) is 11.2. The Morgan fingerprint density at radius 3 is 2.54 bits per heavy atom. The Labute approximate surface area is 245 Å². The van der Waals surface area contributed by atoms with Crippen LogP contribution in [0.15, 0.2) is 70.6 Å². The highest BCUT2D eigenvalue weighted by molar-refractivity contribution is 6.33. The summed E-state index contributed by atoms with van der Waals surface area (Å²) in [4.78, 5) is 29.5. The average Bonchev–Trinajstić information content (AvgIpc) is 2.98. The van der Waals surface area contributed by atoms with E-state index in [1.807, 2.05) is 44.2 Å². The number of nitrogens with one attached hydrogen (secondary N) is 2. The van der Waals surface area contributed by atoms with Crippen LogP contribution in [-0.4, -0.2) is 45.5 Å². The molecule has 2 N–H and O–H groups in total. The summed E-state index contributed by atoms with van der Waals surface area (Å²) in [5.41, 5.74) is 6.10. The Hall–Kier alpha value is -4.01. The molecule has 0 aliphatic carbocycles. The van der Waals surface area contributed by atoms with Crippen molar-refractivity contribution in [3.05, 3.63) is 93.1 Å². The molecule has 8 nitrogen and oxygen atoms in total. The number of pyridine rings is 1. The van der Waals surface area contributed by atoms with E-state index in [0.29, 0.717) is 46.9 Å². The normalized spacial score (nSPS) is 15.7. The van der Waals surface area contributed by atoms with Gasteiger partial charge in [0.05, 0.1) is 12.2 Å². The molecule has 210 valence electrons. The molecule has 0 radical (unpaired) electrons. The van der Waals surface area contributed by atoms with Gasteiger partial charge in [0.2, 0.25) is 5.96 Å². The van der Waals surface area contributed by atoms with Gasteiger partial charge in [-0.3, -0.25) is 9.36 Å².